The Morgan fingerprint density at radius 3 is 2.53 bits per heavy atom. The van der Waals surface area contributed by atoms with E-state index in [1.165, 1.54) is 9.13 Å². The van der Waals surface area contributed by atoms with E-state index in [1.54, 1.807) is 0 Å². The molecule has 1 aromatic carbocycles. The van der Waals surface area contributed by atoms with Crippen molar-refractivity contribution < 1.29 is 0 Å². The highest BCUT2D eigenvalue weighted by atomic mass is 127. The van der Waals surface area contributed by atoms with Crippen molar-refractivity contribution in [2.24, 2.45) is 0 Å². The molecule has 94 valence electrons. The van der Waals surface area contributed by atoms with Crippen molar-refractivity contribution in [1.82, 2.24) is 10.2 Å². The Balaban J connectivity index is 2.18. The molecule has 2 rings (SSSR count). The molecule has 1 saturated heterocycles. The lowest BCUT2D eigenvalue weighted by atomic mass is 9.95. The van der Waals surface area contributed by atoms with Gasteiger partial charge in [-0.1, -0.05) is 12.1 Å². The number of hydrogen-bond acceptors (Lipinski definition) is 2. The first-order valence-corrected chi connectivity index (χ1v) is 7.31. The molecule has 0 amide bonds. The molecule has 1 unspecified atom stereocenters. The maximum atomic E-state index is 3.48. The van der Waals surface area contributed by atoms with Crippen LogP contribution in [0.1, 0.15) is 32.4 Å². The monoisotopic (exact) mass is 344 g/mol. The van der Waals surface area contributed by atoms with E-state index in [4.69, 9.17) is 0 Å². The Labute approximate surface area is 118 Å². The first-order valence-electron chi connectivity index (χ1n) is 6.24. The van der Waals surface area contributed by atoms with Gasteiger partial charge in [-0.15, -0.1) is 0 Å². The van der Waals surface area contributed by atoms with Crippen molar-refractivity contribution in [3.8, 4) is 0 Å². The van der Waals surface area contributed by atoms with Crippen LogP contribution in [0.15, 0.2) is 24.3 Å². The van der Waals surface area contributed by atoms with Crippen LogP contribution in [-0.2, 0) is 0 Å². The standard InChI is InChI=1S/C14H21IN2/c1-11(12-4-6-13(15)7-5-12)17-9-8-16-10-14(17,2)3/h4-7,11,16H,8-10H2,1-3H3. The Morgan fingerprint density at radius 2 is 1.94 bits per heavy atom. The van der Waals surface area contributed by atoms with Crippen molar-refractivity contribution in [3.05, 3.63) is 33.4 Å². The highest BCUT2D eigenvalue weighted by Gasteiger charge is 2.33. The summed E-state index contributed by atoms with van der Waals surface area (Å²) in [5, 5.41) is 3.48. The molecule has 1 aliphatic rings. The van der Waals surface area contributed by atoms with E-state index in [1.807, 2.05) is 0 Å². The quantitative estimate of drug-likeness (QED) is 0.830. The Kier molecular flexibility index (Phi) is 4.10. The predicted octanol–water partition coefficient (Wildman–Crippen LogP) is 3.04. The lowest BCUT2D eigenvalue weighted by Gasteiger charge is -2.46. The molecule has 1 atom stereocenters. The largest absolute Gasteiger partial charge is 0.314 e. The van der Waals surface area contributed by atoms with Crippen molar-refractivity contribution in [2.75, 3.05) is 19.6 Å². The van der Waals surface area contributed by atoms with Crippen molar-refractivity contribution in [3.63, 3.8) is 0 Å². The lowest BCUT2D eigenvalue weighted by molar-refractivity contribution is 0.0516. The number of benzene rings is 1. The fraction of sp³-hybridized carbons (Fsp3) is 0.571. The Bertz CT molecular complexity index is 372. The summed E-state index contributed by atoms with van der Waals surface area (Å²) in [5.41, 5.74) is 1.65. The number of nitrogens with zero attached hydrogens (tertiary/aromatic N) is 1. The van der Waals surface area contributed by atoms with E-state index in [9.17, 15) is 0 Å². The summed E-state index contributed by atoms with van der Waals surface area (Å²) in [7, 11) is 0. The zero-order valence-electron chi connectivity index (χ0n) is 10.8. The highest BCUT2D eigenvalue weighted by molar-refractivity contribution is 14.1. The maximum absolute atomic E-state index is 3.48. The smallest absolute Gasteiger partial charge is 0.0326 e. The van der Waals surface area contributed by atoms with Crippen LogP contribution in [0.5, 0.6) is 0 Å². The van der Waals surface area contributed by atoms with Gasteiger partial charge in [0.15, 0.2) is 0 Å². The molecule has 3 heteroatoms. The van der Waals surface area contributed by atoms with E-state index in [0.29, 0.717) is 6.04 Å². The van der Waals surface area contributed by atoms with Crippen molar-refractivity contribution >= 4 is 22.6 Å². The second-order valence-electron chi connectivity index (χ2n) is 5.41. The molecule has 1 fully saturated rings. The van der Waals surface area contributed by atoms with Crippen LogP contribution < -0.4 is 5.32 Å². The third-order valence-electron chi connectivity index (χ3n) is 3.68. The first kappa shape index (κ1) is 13.3. The second-order valence-corrected chi connectivity index (χ2v) is 6.66. The minimum atomic E-state index is 0.237. The number of halogens is 1. The molecular formula is C14H21IN2. The molecule has 0 bridgehead atoms. The third kappa shape index (κ3) is 3.01. The normalized spacial score (nSPS) is 22.4. The molecule has 0 aromatic heterocycles. The van der Waals surface area contributed by atoms with Gasteiger partial charge in [-0.3, -0.25) is 4.90 Å². The van der Waals surface area contributed by atoms with Crippen molar-refractivity contribution in [1.29, 1.82) is 0 Å². The molecule has 1 N–H and O–H groups in total. The number of rotatable bonds is 2. The minimum absolute atomic E-state index is 0.237. The number of nitrogens with one attached hydrogen (secondary N) is 1. The predicted molar refractivity (Wildman–Crippen MR) is 81.2 cm³/mol. The van der Waals surface area contributed by atoms with E-state index in [0.717, 1.165) is 19.6 Å². The van der Waals surface area contributed by atoms with Crippen LogP contribution in [-0.4, -0.2) is 30.1 Å². The fourth-order valence-corrected chi connectivity index (χ4v) is 3.00. The van der Waals surface area contributed by atoms with Crippen LogP contribution >= 0.6 is 22.6 Å². The van der Waals surface area contributed by atoms with E-state index < -0.39 is 0 Å². The number of piperazine rings is 1. The molecule has 2 nitrogen and oxygen atoms in total. The first-order chi connectivity index (χ1) is 8.00. The van der Waals surface area contributed by atoms with Gasteiger partial charge in [0, 0.05) is 34.8 Å². The average Bonchev–Trinajstić information content (AvgIpc) is 2.28. The molecular weight excluding hydrogens is 323 g/mol. The maximum Gasteiger partial charge on any atom is 0.0326 e. The molecule has 0 saturated carbocycles. The third-order valence-corrected chi connectivity index (χ3v) is 4.40. The zero-order valence-corrected chi connectivity index (χ0v) is 13.0. The summed E-state index contributed by atoms with van der Waals surface area (Å²) in [6.07, 6.45) is 0. The van der Waals surface area contributed by atoms with Gasteiger partial charge in [0.2, 0.25) is 0 Å². The summed E-state index contributed by atoms with van der Waals surface area (Å²) in [6.45, 7) is 10.2. The zero-order chi connectivity index (χ0) is 12.5. The van der Waals surface area contributed by atoms with Gasteiger partial charge in [0.25, 0.3) is 0 Å². The lowest BCUT2D eigenvalue weighted by Crippen LogP contribution is -2.58. The Morgan fingerprint density at radius 1 is 1.29 bits per heavy atom. The Hall–Kier alpha value is -0.130. The van der Waals surface area contributed by atoms with Crippen LogP contribution in [0.3, 0.4) is 0 Å². The van der Waals surface area contributed by atoms with Gasteiger partial charge >= 0.3 is 0 Å². The molecule has 1 aromatic rings. The van der Waals surface area contributed by atoms with Crippen LogP contribution in [0.4, 0.5) is 0 Å². The van der Waals surface area contributed by atoms with Gasteiger partial charge < -0.3 is 5.32 Å². The van der Waals surface area contributed by atoms with Gasteiger partial charge in [-0.2, -0.15) is 0 Å². The van der Waals surface area contributed by atoms with Crippen molar-refractivity contribution in [2.45, 2.75) is 32.4 Å². The van der Waals surface area contributed by atoms with E-state index in [2.05, 4.69) is 77.8 Å². The second kappa shape index (κ2) is 5.24. The van der Waals surface area contributed by atoms with Gasteiger partial charge in [0.1, 0.15) is 0 Å². The fourth-order valence-electron chi connectivity index (χ4n) is 2.64. The molecule has 17 heavy (non-hydrogen) atoms. The van der Waals surface area contributed by atoms with E-state index in [-0.39, 0.29) is 5.54 Å². The molecule has 1 heterocycles. The topological polar surface area (TPSA) is 15.3 Å². The highest BCUT2D eigenvalue weighted by Crippen LogP contribution is 2.29. The summed E-state index contributed by atoms with van der Waals surface area (Å²) < 4.78 is 1.30. The summed E-state index contributed by atoms with van der Waals surface area (Å²) in [5.74, 6) is 0. The molecule has 0 spiro atoms. The van der Waals surface area contributed by atoms with Gasteiger partial charge in [-0.05, 0) is 61.1 Å². The van der Waals surface area contributed by atoms with Crippen LogP contribution in [0, 0.1) is 3.57 Å². The number of hydrogen-bond donors (Lipinski definition) is 1. The molecule has 0 radical (unpaired) electrons. The van der Waals surface area contributed by atoms with Crippen LogP contribution in [0.2, 0.25) is 0 Å². The average molecular weight is 344 g/mol. The van der Waals surface area contributed by atoms with E-state index >= 15 is 0 Å². The summed E-state index contributed by atoms with van der Waals surface area (Å²) in [6, 6.07) is 9.39. The van der Waals surface area contributed by atoms with Crippen LogP contribution in [0.25, 0.3) is 0 Å². The summed E-state index contributed by atoms with van der Waals surface area (Å²) in [4.78, 5) is 2.60. The SMILES string of the molecule is CC(c1ccc(I)cc1)N1CCNCC1(C)C. The molecule has 0 aliphatic carbocycles. The minimum Gasteiger partial charge on any atom is -0.314 e. The molecule has 1 aliphatic heterocycles. The van der Waals surface area contributed by atoms with Gasteiger partial charge in [-0.25, -0.2) is 0 Å². The summed E-state index contributed by atoms with van der Waals surface area (Å²) >= 11 is 2.36. The van der Waals surface area contributed by atoms with Gasteiger partial charge in [0.05, 0.1) is 0 Å².